The molecule has 142 valence electrons. The molecule has 1 aliphatic rings. The maximum Gasteiger partial charge on any atom is 0.254 e. The van der Waals surface area contributed by atoms with Gasteiger partial charge in [0.2, 0.25) is 0 Å². The van der Waals surface area contributed by atoms with Crippen molar-refractivity contribution < 1.29 is 14.6 Å². The maximum atomic E-state index is 12.0. The van der Waals surface area contributed by atoms with Crippen molar-refractivity contribution in [3.63, 3.8) is 0 Å². The summed E-state index contributed by atoms with van der Waals surface area (Å²) in [6.45, 7) is 3.49. The third-order valence-electron chi connectivity index (χ3n) is 4.96. The lowest BCUT2D eigenvalue weighted by Crippen LogP contribution is -2.38. The van der Waals surface area contributed by atoms with E-state index in [1.807, 2.05) is 0 Å². The predicted molar refractivity (Wildman–Crippen MR) is 99.1 cm³/mol. The van der Waals surface area contributed by atoms with Crippen molar-refractivity contribution >= 4 is 5.91 Å². The lowest BCUT2D eigenvalue weighted by Gasteiger charge is -2.12. The Kier molecular flexibility index (Phi) is 12.2. The molecule has 4 heteroatoms. The monoisotopic (exact) mass is 341 g/mol. The van der Waals surface area contributed by atoms with E-state index in [4.69, 9.17) is 9.84 Å². The Bertz CT molecular complexity index is 316. The summed E-state index contributed by atoms with van der Waals surface area (Å²) in [6, 6.07) is 0. The molecule has 1 unspecified atom stereocenters. The second kappa shape index (κ2) is 13.7. The molecular formula is C20H39NO3. The number of aliphatic hydroxyl groups excluding tert-OH is 1. The van der Waals surface area contributed by atoms with Crippen LogP contribution in [-0.2, 0) is 9.53 Å². The van der Waals surface area contributed by atoms with Gasteiger partial charge in [0.05, 0.1) is 6.61 Å². The van der Waals surface area contributed by atoms with Crippen LogP contribution in [0.15, 0.2) is 0 Å². The molecule has 0 aromatic rings. The Hall–Kier alpha value is -0.610. The second-order valence-electron chi connectivity index (χ2n) is 7.26. The van der Waals surface area contributed by atoms with Crippen LogP contribution in [0, 0.1) is 0 Å². The topological polar surface area (TPSA) is 61.9 Å². The maximum absolute atomic E-state index is 12.0. The Morgan fingerprint density at radius 1 is 0.917 bits per heavy atom. The average Bonchev–Trinajstić information content (AvgIpc) is 3.37. The van der Waals surface area contributed by atoms with Gasteiger partial charge in [-0.2, -0.15) is 0 Å². The Morgan fingerprint density at radius 2 is 1.42 bits per heavy atom. The molecular weight excluding hydrogens is 302 g/mol. The summed E-state index contributed by atoms with van der Waals surface area (Å²) in [7, 11) is 0. The van der Waals surface area contributed by atoms with E-state index >= 15 is 0 Å². The van der Waals surface area contributed by atoms with Crippen molar-refractivity contribution in [2.75, 3.05) is 19.8 Å². The van der Waals surface area contributed by atoms with Gasteiger partial charge in [0, 0.05) is 13.2 Å². The first-order valence-corrected chi connectivity index (χ1v) is 10.3. The molecule has 0 radical (unpaired) electrons. The van der Waals surface area contributed by atoms with Crippen molar-refractivity contribution in [3.8, 4) is 0 Å². The number of amides is 1. The van der Waals surface area contributed by atoms with Crippen LogP contribution < -0.4 is 5.32 Å². The van der Waals surface area contributed by atoms with Gasteiger partial charge in [-0.3, -0.25) is 4.79 Å². The molecule has 1 rings (SSSR count). The number of hydrogen-bond acceptors (Lipinski definition) is 3. The SMILES string of the molecule is CCCCCCCCCCCCCCC1(C(=O)NCCCO)CO1. The first-order valence-electron chi connectivity index (χ1n) is 10.3. The summed E-state index contributed by atoms with van der Waals surface area (Å²) < 4.78 is 5.41. The third-order valence-corrected chi connectivity index (χ3v) is 4.96. The number of carbonyl (C=O) groups is 1. The summed E-state index contributed by atoms with van der Waals surface area (Å²) in [6.07, 6.45) is 17.4. The molecule has 1 heterocycles. The highest BCUT2D eigenvalue weighted by Crippen LogP contribution is 2.33. The molecule has 1 saturated heterocycles. The van der Waals surface area contributed by atoms with Crippen LogP contribution in [0.2, 0.25) is 0 Å². The molecule has 0 aromatic heterocycles. The van der Waals surface area contributed by atoms with Crippen LogP contribution in [0.5, 0.6) is 0 Å². The molecule has 24 heavy (non-hydrogen) atoms. The minimum absolute atomic E-state index is 0.0130. The quantitative estimate of drug-likeness (QED) is 0.305. The summed E-state index contributed by atoms with van der Waals surface area (Å²) in [5.41, 5.74) is -0.534. The van der Waals surface area contributed by atoms with Gasteiger partial charge in [-0.15, -0.1) is 0 Å². The van der Waals surface area contributed by atoms with Crippen LogP contribution in [0.4, 0.5) is 0 Å². The highest BCUT2D eigenvalue weighted by molar-refractivity contribution is 5.87. The van der Waals surface area contributed by atoms with Gasteiger partial charge in [0.1, 0.15) is 0 Å². The molecule has 0 aliphatic carbocycles. The predicted octanol–water partition coefficient (Wildman–Crippen LogP) is 4.35. The first kappa shape index (κ1) is 21.4. The number of hydrogen-bond donors (Lipinski definition) is 2. The Balaban J connectivity index is 1.87. The summed E-state index contributed by atoms with van der Waals surface area (Å²) in [5, 5.41) is 11.6. The Labute approximate surface area is 148 Å². The number of rotatable bonds is 17. The van der Waals surface area contributed by atoms with E-state index in [1.54, 1.807) is 0 Å². The fourth-order valence-corrected chi connectivity index (χ4v) is 3.17. The van der Waals surface area contributed by atoms with Crippen molar-refractivity contribution in [3.05, 3.63) is 0 Å². The highest BCUT2D eigenvalue weighted by Gasteiger charge is 2.51. The van der Waals surface area contributed by atoms with E-state index in [9.17, 15) is 4.79 Å². The normalized spacial score (nSPS) is 19.4. The molecule has 4 nitrogen and oxygen atoms in total. The number of aliphatic hydroxyl groups is 1. The van der Waals surface area contributed by atoms with Gasteiger partial charge in [-0.1, -0.05) is 77.6 Å². The van der Waals surface area contributed by atoms with Crippen molar-refractivity contribution in [2.45, 2.75) is 102 Å². The van der Waals surface area contributed by atoms with E-state index < -0.39 is 5.60 Å². The Morgan fingerprint density at radius 3 is 1.88 bits per heavy atom. The number of ether oxygens (including phenoxy) is 1. The number of epoxide rings is 1. The van der Waals surface area contributed by atoms with Gasteiger partial charge in [0.25, 0.3) is 5.91 Å². The van der Waals surface area contributed by atoms with E-state index in [1.165, 1.54) is 70.6 Å². The third kappa shape index (κ3) is 9.63. The molecule has 1 fully saturated rings. The molecule has 0 bridgehead atoms. The smallest absolute Gasteiger partial charge is 0.254 e. The van der Waals surface area contributed by atoms with Crippen LogP contribution >= 0.6 is 0 Å². The van der Waals surface area contributed by atoms with Gasteiger partial charge in [0.15, 0.2) is 5.60 Å². The van der Waals surface area contributed by atoms with E-state index in [-0.39, 0.29) is 12.5 Å². The summed E-state index contributed by atoms with van der Waals surface area (Å²) in [4.78, 5) is 12.0. The molecule has 2 N–H and O–H groups in total. The largest absolute Gasteiger partial charge is 0.396 e. The molecule has 0 spiro atoms. The first-order chi connectivity index (χ1) is 11.7. The van der Waals surface area contributed by atoms with Crippen LogP contribution in [0.25, 0.3) is 0 Å². The fourth-order valence-electron chi connectivity index (χ4n) is 3.17. The number of unbranched alkanes of at least 4 members (excludes halogenated alkanes) is 11. The van der Waals surface area contributed by atoms with Crippen LogP contribution in [-0.4, -0.2) is 36.4 Å². The summed E-state index contributed by atoms with van der Waals surface area (Å²) in [5.74, 6) is 0.0130. The van der Waals surface area contributed by atoms with Gasteiger partial charge in [-0.05, 0) is 19.3 Å². The van der Waals surface area contributed by atoms with E-state index in [0.29, 0.717) is 19.6 Å². The molecule has 1 atom stereocenters. The van der Waals surface area contributed by atoms with Crippen LogP contribution in [0.1, 0.15) is 96.8 Å². The van der Waals surface area contributed by atoms with E-state index in [2.05, 4.69) is 12.2 Å². The molecule has 0 aromatic carbocycles. The number of carbonyl (C=O) groups excluding carboxylic acids is 1. The van der Waals surface area contributed by atoms with Gasteiger partial charge < -0.3 is 15.2 Å². The lowest BCUT2D eigenvalue weighted by atomic mass is 9.99. The average molecular weight is 342 g/mol. The van der Waals surface area contributed by atoms with E-state index in [0.717, 1.165) is 12.8 Å². The highest BCUT2D eigenvalue weighted by atomic mass is 16.6. The number of nitrogens with one attached hydrogen (secondary N) is 1. The van der Waals surface area contributed by atoms with Crippen molar-refractivity contribution in [1.82, 2.24) is 5.32 Å². The zero-order chi connectivity index (χ0) is 17.5. The molecule has 0 saturated carbocycles. The minimum atomic E-state index is -0.534. The van der Waals surface area contributed by atoms with Crippen molar-refractivity contribution in [2.24, 2.45) is 0 Å². The summed E-state index contributed by atoms with van der Waals surface area (Å²) >= 11 is 0. The van der Waals surface area contributed by atoms with Gasteiger partial charge in [-0.25, -0.2) is 0 Å². The lowest BCUT2D eigenvalue weighted by molar-refractivity contribution is -0.126. The standard InChI is InChI=1S/C20H39NO3/c1-2-3-4-5-6-7-8-9-10-11-12-13-15-20(18-24-20)19(23)21-16-14-17-22/h22H,2-18H2,1H3,(H,21,23). The molecule has 1 aliphatic heterocycles. The van der Waals surface area contributed by atoms with Crippen molar-refractivity contribution in [1.29, 1.82) is 0 Å². The van der Waals surface area contributed by atoms with Gasteiger partial charge >= 0.3 is 0 Å². The molecule has 1 amide bonds. The fraction of sp³-hybridized carbons (Fsp3) is 0.950. The van der Waals surface area contributed by atoms with Crippen LogP contribution in [0.3, 0.4) is 0 Å². The zero-order valence-electron chi connectivity index (χ0n) is 15.8. The zero-order valence-corrected chi connectivity index (χ0v) is 15.8. The second-order valence-corrected chi connectivity index (χ2v) is 7.26. The minimum Gasteiger partial charge on any atom is -0.396 e.